The van der Waals surface area contributed by atoms with E-state index in [0.29, 0.717) is 11.3 Å². The van der Waals surface area contributed by atoms with E-state index < -0.39 is 20.8 Å². The van der Waals surface area contributed by atoms with Crippen molar-refractivity contribution in [3.63, 3.8) is 0 Å². The fourth-order valence-corrected chi connectivity index (χ4v) is 5.54. The van der Waals surface area contributed by atoms with Gasteiger partial charge in [-0.1, -0.05) is 42.0 Å². The smallest absolute Gasteiger partial charge is 0.205 e. The van der Waals surface area contributed by atoms with Crippen molar-refractivity contribution < 1.29 is 13.2 Å². The molecule has 1 aliphatic carbocycles. The minimum Gasteiger partial charge on any atom is -0.469 e. The first-order valence-corrected chi connectivity index (χ1v) is 9.67. The van der Waals surface area contributed by atoms with Crippen molar-refractivity contribution in [2.24, 2.45) is 4.99 Å². The van der Waals surface area contributed by atoms with E-state index in [1.165, 1.54) is 6.40 Å². The highest BCUT2D eigenvalue weighted by atomic mass is 32.2. The number of benzene rings is 2. The molecular weight excluding hydrogens is 322 g/mol. The number of sulfone groups is 1. The Labute approximate surface area is 142 Å². The maximum atomic E-state index is 13.2. The molecule has 124 valence electrons. The zero-order chi connectivity index (χ0) is 16.8. The molecule has 1 spiro atoms. The van der Waals surface area contributed by atoms with E-state index in [-0.39, 0.29) is 0 Å². The Morgan fingerprint density at radius 1 is 1.12 bits per heavy atom. The summed E-state index contributed by atoms with van der Waals surface area (Å²) in [7, 11) is -3.63. The summed E-state index contributed by atoms with van der Waals surface area (Å²) in [4.78, 5) is 4.54. The topological polar surface area (TPSA) is 55.7 Å². The van der Waals surface area contributed by atoms with Crippen LogP contribution in [-0.4, -0.2) is 20.2 Å². The van der Waals surface area contributed by atoms with Crippen LogP contribution >= 0.6 is 0 Å². The molecule has 1 aliphatic heterocycles. The highest BCUT2D eigenvalue weighted by Gasteiger charge is 2.54. The molecule has 0 saturated heterocycles. The van der Waals surface area contributed by atoms with E-state index in [9.17, 15) is 8.42 Å². The van der Waals surface area contributed by atoms with E-state index in [1.54, 1.807) is 12.1 Å². The minimum atomic E-state index is -3.63. The molecule has 24 heavy (non-hydrogen) atoms. The lowest BCUT2D eigenvalue weighted by molar-refractivity contribution is 0.0604. The zero-order valence-electron chi connectivity index (χ0n) is 13.5. The molecule has 4 nitrogen and oxygen atoms in total. The summed E-state index contributed by atoms with van der Waals surface area (Å²) >= 11 is 0. The highest BCUT2D eigenvalue weighted by Crippen LogP contribution is 2.47. The zero-order valence-corrected chi connectivity index (χ0v) is 14.3. The van der Waals surface area contributed by atoms with Gasteiger partial charge in [0.05, 0.1) is 4.90 Å². The van der Waals surface area contributed by atoms with E-state index in [2.05, 4.69) is 4.99 Å². The van der Waals surface area contributed by atoms with Crippen molar-refractivity contribution in [2.45, 2.75) is 42.1 Å². The molecule has 1 unspecified atom stereocenters. The molecule has 0 aromatic heterocycles. The molecule has 0 radical (unpaired) electrons. The Balaban J connectivity index is 1.84. The standard InChI is InChI=1S/C19H19NO3S/c1-14-8-10-16(11-9-14)24(21,22)18-19(23-13-20-18)12-4-6-15-5-2-3-7-17(15)19/h2-3,5,7-11,13,18H,4,6,12H2,1H3/t18-,19?/m0/s1. The number of nitrogens with zero attached hydrogens (tertiary/aromatic N) is 1. The first-order chi connectivity index (χ1) is 11.5. The molecule has 2 aromatic rings. The molecule has 0 bridgehead atoms. The number of hydrogen-bond acceptors (Lipinski definition) is 4. The average Bonchev–Trinajstić information content (AvgIpc) is 3.01. The summed E-state index contributed by atoms with van der Waals surface area (Å²) in [5.74, 6) is 0. The Morgan fingerprint density at radius 2 is 1.88 bits per heavy atom. The first kappa shape index (κ1) is 15.4. The third-order valence-corrected chi connectivity index (χ3v) is 6.99. The van der Waals surface area contributed by atoms with Crippen LogP contribution in [0.2, 0.25) is 0 Å². The van der Waals surface area contributed by atoms with Crippen LogP contribution in [0.25, 0.3) is 0 Å². The van der Waals surface area contributed by atoms with Crippen molar-refractivity contribution in [1.29, 1.82) is 0 Å². The second-order valence-electron chi connectivity index (χ2n) is 6.48. The van der Waals surface area contributed by atoms with Crippen LogP contribution in [0.4, 0.5) is 0 Å². The maximum Gasteiger partial charge on any atom is 0.205 e. The normalized spacial score (nSPS) is 25.5. The number of aryl methyl sites for hydroxylation is 2. The third-order valence-electron chi connectivity index (χ3n) is 4.97. The monoisotopic (exact) mass is 341 g/mol. The molecule has 0 saturated carbocycles. The molecule has 0 N–H and O–H groups in total. The van der Waals surface area contributed by atoms with Gasteiger partial charge < -0.3 is 4.74 Å². The fourth-order valence-electron chi connectivity index (χ4n) is 3.75. The van der Waals surface area contributed by atoms with E-state index in [1.807, 2.05) is 43.3 Å². The van der Waals surface area contributed by atoms with Gasteiger partial charge in [-0.2, -0.15) is 0 Å². The summed E-state index contributed by atoms with van der Waals surface area (Å²) < 4.78 is 32.4. The number of rotatable bonds is 2. The summed E-state index contributed by atoms with van der Waals surface area (Å²) in [5.41, 5.74) is 2.23. The van der Waals surface area contributed by atoms with Crippen molar-refractivity contribution in [3.8, 4) is 0 Å². The Hall–Kier alpha value is -2.14. The van der Waals surface area contributed by atoms with Gasteiger partial charge in [-0.25, -0.2) is 13.4 Å². The summed E-state index contributed by atoms with van der Waals surface area (Å²) in [5, 5.41) is -0.936. The lowest BCUT2D eigenvalue weighted by Gasteiger charge is -2.37. The van der Waals surface area contributed by atoms with Crippen LogP contribution in [0.1, 0.15) is 29.5 Å². The quantitative estimate of drug-likeness (QED) is 0.841. The molecule has 2 aliphatic rings. The fraction of sp³-hybridized carbons (Fsp3) is 0.316. The van der Waals surface area contributed by atoms with Gasteiger partial charge in [0.25, 0.3) is 0 Å². The molecular formula is C19H19NO3S. The Kier molecular flexibility index (Phi) is 3.49. The van der Waals surface area contributed by atoms with Crippen LogP contribution in [0.3, 0.4) is 0 Å². The Bertz CT molecular complexity index is 902. The first-order valence-electron chi connectivity index (χ1n) is 8.12. The summed E-state index contributed by atoms with van der Waals surface area (Å²) in [6, 6.07) is 14.9. The van der Waals surface area contributed by atoms with Crippen LogP contribution in [0, 0.1) is 6.92 Å². The SMILES string of the molecule is Cc1ccc(S(=O)(=O)[C@@H]2N=COC23CCCc2ccccc23)cc1. The van der Waals surface area contributed by atoms with Gasteiger partial charge in [-0.3, -0.25) is 0 Å². The van der Waals surface area contributed by atoms with Gasteiger partial charge in [0, 0.05) is 5.56 Å². The lowest BCUT2D eigenvalue weighted by atomic mass is 9.79. The minimum absolute atomic E-state index is 0.295. The number of ether oxygens (including phenoxy) is 1. The number of fused-ring (bicyclic) bond motifs is 2. The van der Waals surface area contributed by atoms with E-state index in [4.69, 9.17) is 4.74 Å². The van der Waals surface area contributed by atoms with Crippen LogP contribution < -0.4 is 0 Å². The molecule has 4 rings (SSSR count). The van der Waals surface area contributed by atoms with Crippen molar-refractivity contribution in [1.82, 2.24) is 0 Å². The molecule has 2 aromatic carbocycles. The van der Waals surface area contributed by atoms with Crippen molar-refractivity contribution in [2.75, 3.05) is 0 Å². The predicted molar refractivity (Wildman–Crippen MR) is 92.8 cm³/mol. The Morgan fingerprint density at radius 3 is 2.67 bits per heavy atom. The summed E-state index contributed by atoms with van der Waals surface area (Å²) in [6.45, 7) is 1.94. The number of aliphatic imine (C=N–C) groups is 1. The third kappa shape index (κ3) is 2.18. The molecule has 1 heterocycles. The predicted octanol–water partition coefficient (Wildman–Crippen LogP) is 3.39. The van der Waals surface area contributed by atoms with E-state index >= 15 is 0 Å². The van der Waals surface area contributed by atoms with Gasteiger partial charge in [0.15, 0.2) is 12.0 Å². The van der Waals surface area contributed by atoms with Gasteiger partial charge in [0.1, 0.15) is 0 Å². The van der Waals surface area contributed by atoms with Gasteiger partial charge >= 0.3 is 0 Å². The van der Waals surface area contributed by atoms with Crippen LogP contribution in [0.5, 0.6) is 0 Å². The van der Waals surface area contributed by atoms with E-state index in [0.717, 1.165) is 29.5 Å². The molecule has 0 amide bonds. The van der Waals surface area contributed by atoms with Crippen LogP contribution in [0.15, 0.2) is 58.4 Å². The lowest BCUT2D eigenvalue weighted by Crippen LogP contribution is -2.44. The second kappa shape index (κ2) is 5.45. The molecule has 0 fully saturated rings. The van der Waals surface area contributed by atoms with Crippen LogP contribution in [-0.2, 0) is 26.6 Å². The number of hydrogen-bond donors (Lipinski definition) is 0. The second-order valence-corrected chi connectivity index (χ2v) is 8.49. The van der Waals surface area contributed by atoms with Crippen molar-refractivity contribution in [3.05, 3.63) is 65.2 Å². The summed E-state index contributed by atoms with van der Waals surface area (Å²) in [6.07, 6.45) is 3.80. The average molecular weight is 341 g/mol. The molecule has 2 atom stereocenters. The van der Waals surface area contributed by atoms with Gasteiger partial charge in [-0.05, 0) is 43.9 Å². The molecule has 5 heteroatoms. The largest absolute Gasteiger partial charge is 0.469 e. The highest BCUT2D eigenvalue weighted by molar-refractivity contribution is 7.92. The van der Waals surface area contributed by atoms with Crippen molar-refractivity contribution >= 4 is 16.2 Å². The maximum absolute atomic E-state index is 13.2. The van der Waals surface area contributed by atoms with Gasteiger partial charge in [0.2, 0.25) is 15.2 Å². The van der Waals surface area contributed by atoms with Gasteiger partial charge in [-0.15, -0.1) is 0 Å².